The minimum Gasteiger partial charge on any atom is -0.294 e. The largest absolute Gasteiger partial charge is 0.294 e. The standard InChI is InChI=1S/C9H17O/c1-5-6-7-8(10)9(2,3)4/h2,5-7H2,1,3-4H3/q+1. The molecule has 0 N–H and O–H groups in total. The molecule has 1 nitrogen and oxygen atoms in total. The molecule has 0 saturated heterocycles. The van der Waals surface area contributed by atoms with Crippen molar-refractivity contribution in [3.8, 4) is 0 Å². The maximum absolute atomic E-state index is 11.2. The first kappa shape index (κ1) is 9.54. The minimum absolute atomic E-state index is 0.273. The summed E-state index contributed by atoms with van der Waals surface area (Å²) in [5, 5.41) is 0. The van der Waals surface area contributed by atoms with Crippen molar-refractivity contribution in [3.63, 3.8) is 0 Å². The lowest BCUT2D eigenvalue weighted by molar-refractivity contribution is -0.125. The van der Waals surface area contributed by atoms with E-state index in [-0.39, 0.29) is 11.2 Å². The second-order valence-corrected chi connectivity index (χ2v) is 3.41. The highest BCUT2D eigenvalue weighted by molar-refractivity contribution is 5.84. The fraction of sp³-hybridized carbons (Fsp3) is 0.778. The Kier molecular flexibility index (Phi) is 3.48. The molecule has 58 valence electrons. The van der Waals surface area contributed by atoms with Gasteiger partial charge in [0.15, 0.2) is 11.2 Å². The summed E-state index contributed by atoms with van der Waals surface area (Å²) in [7, 11) is 0. The molecule has 0 aliphatic heterocycles. The van der Waals surface area contributed by atoms with Gasteiger partial charge in [0.25, 0.3) is 0 Å². The summed E-state index contributed by atoms with van der Waals surface area (Å²) < 4.78 is 0. The van der Waals surface area contributed by atoms with E-state index < -0.39 is 0 Å². The number of ketones is 1. The van der Waals surface area contributed by atoms with Gasteiger partial charge in [-0.15, -0.1) is 0 Å². The van der Waals surface area contributed by atoms with Gasteiger partial charge in [-0.25, -0.2) is 0 Å². The maximum atomic E-state index is 11.2. The van der Waals surface area contributed by atoms with E-state index in [0.717, 1.165) is 12.8 Å². The van der Waals surface area contributed by atoms with Crippen molar-refractivity contribution in [1.82, 2.24) is 0 Å². The van der Waals surface area contributed by atoms with Crippen molar-refractivity contribution in [3.05, 3.63) is 6.92 Å². The summed E-state index contributed by atoms with van der Waals surface area (Å²) in [6.07, 6.45) is 2.77. The van der Waals surface area contributed by atoms with Crippen LogP contribution in [0, 0.1) is 12.3 Å². The zero-order chi connectivity index (χ0) is 8.20. The topological polar surface area (TPSA) is 17.1 Å². The van der Waals surface area contributed by atoms with Crippen LogP contribution >= 0.6 is 0 Å². The summed E-state index contributed by atoms with van der Waals surface area (Å²) in [5.74, 6) is 0.273. The van der Waals surface area contributed by atoms with Crippen LogP contribution in [0.1, 0.15) is 40.0 Å². The van der Waals surface area contributed by atoms with Gasteiger partial charge in [0.2, 0.25) is 0 Å². The van der Waals surface area contributed by atoms with E-state index in [4.69, 9.17) is 0 Å². The molecule has 0 aromatic heterocycles. The van der Waals surface area contributed by atoms with Crippen LogP contribution < -0.4 is 0 Å². The summed E-state index contributed by atoms with van der Waals surface area (Å²) in [4.78, 5) is 11.2. The predicted octanol–water partition coefficient (Wildman–Crippen LogP) is 2.61. The zero-order valence-corrected chi connectivity index (χ0v) is 7.24. The van der Waals surface area contributed by atoms with Gasteiger partial charge in [-0.3, -0.25) is 4.79 Å². The van der Waals surface area contributed by atoms with Crippen molar-refractivity contribution in [2.75, 3.05) is 0 Å². The fourth-order valence-corrected chi connectivity index (χ4v) is 0.676. The summed E-state index contributed by atoms with van der Waals surface area (Å²) in [6.45, 7) is 9.59. The molecule has 0 rings (SSSR count). The molecule has 0 aliphatic rings. The van der Waals surface area contributed by atoms with Crippen LogP contribution in [0.4, 0.5) is 0 Å². The average Bonchev–Trinajstić information content (AvgIpc) is 1.80. The van der Waals surface area contributed by atoms with Crippen molar-refractivity contribution in [2.24, 2.45) is 5.41 Å². The first-order chi connectivity index (χ1) is 4.48. The Hall–Kier alpha value is -0.460. The number of carbonyl (C=O) groups excluding carboxylic acids is 1. The Labute approximate surface area is 63.8 Å². The van der Waals surface area contributed by atoms with Crippen molar-refractivity contribution < 1.29 is 4.79 Å². The number of hydrogen-bond donors (Lipinski definition) is 0. The van der Waals surface area contributed by atoms with Gasteiger partial charge in [0.1, 0.15) is 0 Å². The molecule has 0 aromatic rings. The highest BCUT2D eigenvalue weighted by Crippen LogP contribution is 2.17. The third kappa shape index (κ3) is 3.54. The Morgan fingerprint density at radius 1 is 1.50 bits per heavy atom. The molecule has 0 aromatic carbocycles. The molecule has 0 saturated carbocycles. The minimum atomic E-state index is -0.380. The maximum Gasteiger partial charge on any atom is 0.182 e. The van der Waals surface area contributed by atoms with E-state index >= 15 is 0 Å². The van der Waals surface area contributed by atoms with Gasteiger partial charge in [-0.05, 0) is 20.3 Å². The highest BCUT2D eigenvalue weighted by Gasteiger charge is 2.27. The highest BCUT2D eigenvalue weighted by atomic mass is 16.1. The first-order valence-corrected chi connectivity index (χ1v) is 3.87. The van der Waals surface area contributed by atoms with E-state index in [1.165, 1.54) is 0 Å². The van der Waals surface area contributed by atoms with Crippen molar-refractivity contribution in [2.45, 2.75) is 40.0 Å². The van der Waals surface area contributed by atoms with Gasteiger partial charge < -0.3 is 0 Å². The molecule has 0 aliphatic carbocycles. The summed E-state index contributed by atoms with van der Waals surface area (Å²) in [5.41, 5.74) is -0.380. The Balaban J connectivity index is 3.64. The van der Waals surface area contributed by atoms with Crippen molar-refractivity contribution in [1.29, 1.82) is 0 Å². The zero-order valence-electron chi connectivity index (χ0n) is 7.24. The first-order valence-electron chi connectivity index (χ1n) is 3.87. The van der Waals surface area contributed by atoms with Gasteiger partial charge >= 0.3 is 0 Å². The van der Waals surface area contributed by atoms with Gasteiger partial charge in [-0.2, -0.15) is 0 Å². The molecule has 0 atom stereocenters. The number of hydrogen-bond acceptors (Lipinski definition) is 1. The van der Waals surface area contributed by atoms with Gasteiger partial charge in [0.05, 0.1) is 6.92 Å². The average molecular weight is 141 g/mol. The molecule has 1 heteroatoms. The van der Waals surface area contributed by atoms with Crippen LogP contribution in [0.3, 0.4) is 0 Å². The quantitative estimate of drug-likeness (QED) is 0.550. The molecule has 0 radical (unpaired) electrons. The predicted molar refractivity (Wildman–Crippen MR) is 43.7 cm³/mol. The van der Waals surface area contributed by atoms with Gasteiger partial charge in [-0.1, -0.05) is 13.3 Å². The van der Waals surface area contributed by atoms with E-state index in [1.807, 2.05) is 13.8 Å². The van der Waals surface area contributed by atoms with Crippen LogP contribution in [0.5, 0.6) is 0 Å². The van der Waals surface area contributed by atoms with E-state index in [9.17, 15) is 4.79 Å². The third-order valence-electron chi connectivity index (χ3n) is 1.51. The second-order valence-electron chi connectivity index (χ2n) is 3.41. The lowest BCUT2D eigenvalue weighted by Gasteiger charge is -2.08. The second kappa shape index (κ2) is 3.65. The Morgan fingerprint density at radius 2 is 2.00 bits per heavy atom. The van der Waals surface area contributed by atoms with Crippen molar-refractivity contribution >= 4 is 5.78 Å². The van der Waals surface area contributed by atoms with Crippen LogP contribution in [-0.2, 0) is 4.79 Å². The fourth-order valence-electron chi connectivity index (χ4n) is 0.676. The monoisotopic (exact) mass is 141 g/mol. The van der Waals surface area contributed by atoms with Gasteiger partial charge in [0, 0.05) is 6.42 Å². The van der Waals surface area contributed by atoms with Crippen LogP contribution in [0.25, 0.3) is 0 Å². The number of Topliss-reactive ketones (excluding diaryl/α,β-unsaturated/α-hetero) is 1. The molecule has 0 amide bonds. The number of unbranched alkanes of at least 4 members (excludes halogenated alkanes) is 1. The number of carbonyl (C=O) groups is 1. The van der Waals surface area contributed by atoms with Crippen LogP contribution in [0.15, 0.2) is 0 Å². The molecular formula is C9H17O+. The molecule has 10 heavy (non-hydrogen) atoms. The molecule has 0 spiro atoms. The third-order valence-corrected chi connectivity index (χ3v) is 1.51. The van der Waals surface area contributed by atoms with E-state index in [0.29, 0.717) is 6.42 Å². The van der Waals surface area contributed by atoms with Crippen LogP contribution in [0.2, 0.25) is 0 Å². The normalized spacial score (nSPS) is 11.5. The molecule has 0 unspecified atom stereocenters. The Morgan fingerprint density at radius 3 is 2.30 bits per heavy atom. The van der Waals surface area contributed by atoms with Crippen LogP contribution in [-0.4, -0.2) is 5.78 Å². The summed E-state index contributed by atoms with van der Waals surface area (Å²) >= 11 is 0. The SMILES string of the molecule is [CH2+]C(C)(C)C(=O)CCCC. The van der Waals surface area contributed by atoms with E-state index in [2.05, 4.69) is 13.8 Å². The summed E-state index contributed by atoms with van der Waals surface area (Å²) in [6, 6.07) is 0. The molecule has 0 fully saturated rings. The lowest BCUT2D eigenvalue weighted by atomic mass is 9.88. The molecular weight excluding hydrogens is 124 g/mol. The lowest BCUT2D eigenvalue weighted by Crippen LogP contribution is -2.19. The number of rotatable bonds is 4. The smallest absolute Gasteiger partial charge is 0.182 e. The van der Waals surface area contributed by atoms with E-state index in [1.54, 1.807) is 0 Å². The molecule has 0 heterocycles. The Bertz CT molecular complexity index is 108. The molecule has 0 bridgehead atoms.